The van der Waals surface area contributed by atoms with E-state index in [-0.39, 0.29) is 12.4 Å². The first-order valence-corrected chi connectivity index (χ1v) is 6.88. The highest BCUT2D eigenvalue weighted by atomic mass is 35.5. The summed E-state index contributed by atoms with van der Waals surface area (Å²) < 4.78 is 1.93. The zero-order valence-corrected chi connectivity index (χ0v) is 12.3. The van der Waals surface area contributed by atoms with Crippen molar-refractivity contribution in [3.63, 3.8) is 0 Å². The molecule has 20 heavy (non-hydrogen) atoms. The summed E-state index contributed by atoms with van der Waals surface area (Å²) in [5.41, 5.74) is 8.36. The number of hydrogen-bond donors (Lipinski definition) is 1. The van der Waals surface area contributed by atoms with Crippen LogP contribution in [0.4, 0.5) is 0 Å². The maximum absolute atomic E-state index is 6.01. The van der Waals surface area contributed by atoms with E-state index in [9.17, 15) is 0 Å². The van der Waals surface area contributed by atoms with Crippen LogP contribution in [0, 0.1) is 0 Å². The van der Waals surface area contributed by atoms with Gasteiger partial charge in [0, 0.05) is 30.9 Å². The molecule has 0 saturated carbocycles. The van der Waals surface area contributed by atoms with Crippen LogP contribution < -0.4 is 5.73 Å². The van der Waals surface area contributed by atoms with E-state index in [1.165, 1.54) is 12.0 Å². The second kappa shape index (κ2) is 6.88. The standard InChI is InChI=1S/C15H20N4.ClH/c16-14-5-4-8-18(12-14)10-13-9-17-19(11-13)15-6-2-1-3-7-15;/h1-3,6-7,9,11,14H,4-5,8,10,12,16H2;1H. The molecule has 2 aromatic rings. The molecular weight excluding hydrogens is 272 g/mol. The fourth-order valence-electron chi connectivity index (χ4n) is 2.66. The zero-order valence-electron chi connectivity index (χ0n) is 11.5. The topological polar surface area (TPSA) is 47.1 Å². The van der Waals surface area contributed by atoms with E-state index in [1.807, 2.05) is 29.1 Å². The Hall–Kier alpha value is -1.36. The Bertz CT molecular complexity index is 526. The van der Waals surface area contributed by atoms with Crippen LogP contribution in [-0.4, -0.2) is 33.8 Å². The van der Waals surface area contributed by atoms with Crippen molar-refractivity contribution >= 4 is 12.4 Å². The molecule has 3 rings (SSSR count). The van der Waals surface area contributed by atoms with Gasteiger partial charge in [0.2, 0.25) is 0 Å². The number of nitrogens with two attached hydrogens (primary N) is 1. The third-order valence-electron chi connectivity index (χ3n) is 3.60. The number of halogens is 1. The Balaban J connectivity index is 0.00000147. The normalized spacial score (nSPS) is 19.6. The zero-order chi connectivity index (χ0) is 13.1. The maximum Gasteiger partial charge on any atom is 0.0645 e. The van der Waals surface area contributed by atoms with Gasteiger partial charge in [-0.2, -0.15) is 5.10 Å². The number of rotatable bonds is 3. The van der Waals surface area contributed by atoms with Gasteiger partial charge in [0.15, 0.2) is 0 Å². The lowest BCUT2D eigenvalue weighted by atomic mass is 10.1. The van der Waals surface area contributed by atoms with E-state index in [0.717, 1.165) is 31.7 Å². The van der Waals surface area contributed by atoms with E-state index < -0.39 is 0 Å². The summed E-state index contributed by atoms with van der Waals surface area (Å²) in [5.74, 6) is 0. The van der Waals surface area contributed by atoms with Gasteiger partial charge in [-0.05, 0) is 31.5 Å². The lowest BCUT2D eigenvalue weighted by molar-refractivity contribution is 0.201. The Labute approximate surface area is 126 Å². The molecule has 0 aliphatic carbocycles. The molecular formula is C15H21ClN4. The van der Waals surface area contributed by atoms with Crippen molar-refractivity contribution in [2.24, 2.45) is 5.73 Å². The predicted octanol–water partition coefficient (Wildman–Crippen LogP) is 2.22. The van der Waals surface area contributed by atoms with Gasteiger partial charge in [-0.3, -0.25) is 4.90 Å². The number of likely N-dealkylation sites (tertiary alicyclic amines) is 1. The molecule has 2 N–H and O–H groups in total. The Kier molecular flexibility index (Phi) is 5.17. The van der Waals surface area contributed by atoms with Gasteiger partial charge in [0.25, 0.3) is 0 Å². The van der Waals surface area contributed by atoms with Crippen LogP contribution in [0.2, 0.25) is 0 Å². The third-order valence-corrected chi connectivity index (χ3v) is 3.60. The molecule has 1 aliphatic heterocycles. The molecule has 2 heterocycles. The van der Waals surface area contributed by atoms with Gasteiger partial charge >= 0.3 is 0 Å². The monoisotopic (exact) mass is 292 g/mol. The lowest BCUT2D eigenvalue weighted by Crippen LogP contribution is -2.42. The number of para-hydroxylation sites is 1. The van der Waals surface area contributed by atoms with Crippen LogP contribution in [0.25, 0.3) is 5.69 Å². The molecule has 1 unspecified atom stereocenters. The molecule has 0 spiro atoms. The molecule has 1 fully saturated rings. The van der Waals surface area contributed by atoms with Crippen LogP contribution in [0.3, 0.4) is 0 Å². The number of aromatic nitrogens is 2. The quantitative estimate of drug-likeness (QED) is 0.943. The summed E-state index contributed by atoms with van der Waals surface area (Å²) in [6.45, 7) is 3.08. The fourth-order valence-corrected chi connectivity index (χ4v) is 2.66. The fraction of sp³-hybridized carbons (Fsp3) is 0.400. The smallest absolute Gasteiger partial charge is 0.0645 e. The van der Waals surface area contributed by atoms with Crippen LogP contribution in [-0.2, 0) is 6.54 Å². The lowest BCUT2D eigenvalue weighted by Gasteiger charge is -2.30. The minimum atomic E-state index is 0. The summed E-state index contributed by atoms with van der Waals surface area (Å²) in [6, 6.07) is 10.5. The van der Waals surface area contributed by atoms with Crippen molar-refractivity contribution in [2.75, 3.05) is 13.1 Å². The van der Waals surface area contributed by atoms with Gasteiger partial charge in [-0.1, -0.05) is 18.2 Å². The number of nitrogens with zero attached hydrogens (tertiary/aromatic N) is 3. The van der Waals surface area contributed by atoms with E-state index in [2.05, 4.69) is 28.3 Å². The van der Waals surface area contributed by atoms with Crippen LogP contribution in [0.5, 0.6) is 0 Å². The Morgan fingerprint density at radius 2 is 2.05 bits per heavy atom. The van der Waals surface area contributed by atoms with Crippen LogP contribution in [0.1, 0.15) is 18.4 Å². The second-order valence-electron chi connectivity index (χ2n) is 5.27. The van der Waals surface area contributed by atoms with Crippen LogP contribution >= 0.6 is 12.4 Å². The highest BCUT2D eigenvalue weighted by molar-refractivity contribution is 5.85. The van der Waals surface area contributed by atoms with Gasteiger partial charge in [-0.25, -0.2) is 4.68 Å². The maximum atomic E-state index is 6.01. The molecule has 0 amide bonds. The third kappa shape index (κ3) is 3.60. The van der Waals surface area contributed by atoms with E-state index in [0.29, 0.717) is 6.04 Å². The number of hydrogen-bond acceptors (Lipinski definition) is 3. The SMILES string of the molecule is Cl.NC1CCCN(Cc2cnn(-c3ccccc3)c2)C1. The van der Waals surface area contributed by atoms with E-state index >= 15 is 0 Å². The minimum Gasteiger partial charge on any atom is -0.327 e. The van der Waals surface area contributed by atoms with Crippen molar-refractivity contribution in [1.29, 1.82) is 0 Å². The molecule has 1 aliphatic rings. The summed E-state index contributed by atoms with van der Waals surface area (Å²) in [5, 5.41) is 4.43. The summed E-state index contributed by atoms with van der Waals surface area (Å²) in [7, 11) is 0. The Morgan fingerprint density at radius 1 is 1.25 bits per heavy atom. The summed E-state index contributed by atoms with van der Waals surface area (Å²) >= 11 is 0. The van der Waals surface area contributed by atoms with E-state index in [4.69, 9.17) is 5.73 Å². The molecule has 1 aromatic heterocycles. The number of piperidine rings is 1. The van der Waals surface area contributed by atoms with Gasteiger partial charge in [0.1, 0.15) is 0 Å². The van der Waals surface area contributed by atoms with Crippen molar-refractivity contribution in [1.82, 2.24) is 14.7 Å². The average molecular weight is 293 g/mol. The van der Waals surface area contributed by atoms with Crippen molar-refractivity contribution in [3.8, 4) is 5.69 Å². The molecule has 0 radical (unpaired) electrons. The Morgan fingerprint density at radius 3 is 2.80 bits per heavy atom. The molecule has 4 nitrogen and oxygen atoms in total. The molecule has 108 valence electrons. The minimum absolute atomic E-state index is 0. The largest absolute Gasteiger partial charge is 0.327 e. The first kappa shape index (κ1) is 15.0. The highest BCUT2D eigenvalue weighted by Crippen LogP contribution is 2.13. The average Bonchev–Trinajstić information content (AvgIpc) is 2.88. The molecule has 1 aromatic carbocycles. The van der Waals surface area contributed by atoms with Crippen molar-refractivity contribution in [2.45, 2.75) is 25.4 Å². The summed E-state index contributed by atoms with van der Waals surface area (Å²) in [4.78, 5) is 2.42. The van der Waals surface area contributed by atoms with Crippen LogP contribution in [0.15, 0.2) is 42.7 Å². The van der Waals surface area contributed by atoms with Crippen molar-refractivity contribution in [3.05, 3.63) is 48.3 Å². The van der Waals surface area contributed by atoms with E-state index in [1.54, 1.807) is 0 Å². The first-order valence-electron chi connectivity index (χ1n) is 6.88. The molecule has 5 heteroatoms. The van der Waals surface area contributed by atoms with Gasteiger partial charge in [0.05, 0.1) is 11.9 Å². The highest BCUT2D eigenvalue weighted by Gasteiger charge is 2.17. The molecule has 0 bridgehead atoms. The van der Waals surface area contributed by atoms with Gasteiger partial charge < -0.3 is 5.73 Å². The first-order chi connectivity index (χ1) is 9.31. The predicted molar refractivity (Wildman–Crippen MR) is 83.3 cm³/mol. The second-order valence-corrected chi connectivity index (χ2v) is 5.27. The van der Waals surface area contributed by atoms with Crippen molar-refractivity contribution < 1.29 is 0 Å². The van der Waals surface area contributed by atoms with Gasteiger partial charge in [-0.15, -0.1) is 12.4 Å². The number of benzene rings is 1. The molecule has 1 atom stereocenters. The summed E-state index contributed by atoms with van der Waals surface area (Å²) in [6.07, 6.45) is 6.41. The molecule has 1 saturated heterocycles.